The van der Waals surface area contributed by atoms with E-state index in [2.05, 4.69) is 0 Å². The largest absolute Gasteiger partial charge is 2.00 e. The van der Waals surface area contributed by atoms with Crippen LogP contribution in [0, 0.1) is 0 Å². The molecule has 0 fully saturated rings. The van der Waals surface area contributed by atoms with Crippen molar-refractivity contribution in [1.29, 1.82) is 0 Å². The van der Waals surface area contributed by atoms with Gasteiger partial charge >= 0.3 is 147 Å². The fourth-order valence-corrected chi connectivity index (χ4v) is 0. The van der Waals surface area contributed by atoms with E-state index in [1.165, 1.54) is 0 Å². The van der Waals surface area contributed by atoms with Crippen molar-refractivity contribution >= 4 is 165 Å². The molecule has 0 aliphatic carbocycles. The molecule has 0 heterocycles. The molecule has 13 heteroatoms. The van der Waals surface area contributed by atoms with Crippen molar-refractivity contribution in [2.75, 3.05) is 0 Å². The van der Waals surface area contributed by atoms with Gasteiger partial charge in [0.1, 0.15) is 0 Å². The second-order valence-electron chi connectivity index (χ2n) is 0.963. The van der Waals surface area contributed by atoms with Crippen molar-refractivity contribution in [3.05, 3.63) is 0 Å². The van der Waals surface area contributed by atoms with Crippen molar-refractivity contribution < 1.29 is 37.0 Å². The standard InChI is InChI=1S/3Ba.2FO3Si/c;;;2*1-5(2,3)4/q3*+2;2*-3. The number of hydrogen-bond donors (Lipinski definition) is 0. The Labute approximate surface area is 196 Å². The molecule has 0 spiro atoms. The van der Waals surface area contributed by atoms with Crippen LogP contribution in [0.2, 0.25) is 0 Å². The predicted molar refractivity (Wildman–Crippen MR) is 31.0 cm³/mol. The molecule has 0 N–H and O–H groups in total. The van der Waals surface area contributed by atoms with Gasteiger partial charge in [-0.05, 0) is 0 Å². The number of rotatable bonds is 0. The molecule has 0 aliphatic heterocycles. The first-order chi connectivity index (χ1) is 4.00. The molecule has 0 saturated heterocycles. The Bertz CT molecular complexity index is 66.9. The van der Waals surface area contributed by atoms with Gasteiger partial charge in [-0.25, -0.2) is 0 Å². The smallest absolute Gasteiger partial charge is 0.857 e. The van der Waals surface area contributed by atoms with Crippen LogP contribution >= 0.6 is 0 Å². The molecule has 0 atom stereocenters. The molecule has 6 nitrogen and oxygen atoms in total. The molecule has 0 rings (SSSR count). The van der Waals surface area contributed by atoms with Gasteiger partial charge in [-0.2, -0.15) is 0 Å². The first kappa shape index (κ1) is 30.6. The normalized spacial score (nSPS) is 9.23. The Morgan fingerprint density at radius 3 is 0.538 bits per heavy atom. The first-order valence-electron chi connectivity index (χ1n) is 1.60. The van der Waals surface area contributed by atoms with E-state index >= 15 is 0 Å². The zero-order valence-corrected chi connectivity index (χ0v) is 21.6. The SMILES string of the molecule is [Ba+2].[Ba+2].[Ba+2].[O-][Si]([O-])([O-])F.[O-][Si]([O-])([O-])F. The molecule has 64 valence electrons. The summed E-state index contributed by atoms with van der Waals surface area (Å²) < 4.78 is 20.3. The summed E-state index contributed by atoms with van der Waals surface area (Å²) in [6.45, 7) is 0. The third kappa shape index (κ3) is 161. The van der Waals surface area contributed by atoms with Crippen molar-refractivity contribution in [2.45, 2.75) is 0 Å². The molecule has 0 aromatic rings. The average Bonchev–Trinajstić information content (AvgIpc) is 1.12. The van der Waals surface area contributed by atoms with Crippen LogP contribution in [0.15, 0.2) is 0 Å². The van der Waals surface area contributed by atoms with Gasteiger partial charge in [0.2, 0.25) is 0 Å². The molecule has 0 saturated carbocycles. The summed E-state index contributed by atoms with van der Waals surface area (Å²) in [5, 5.41) is 0. The Hall–Kier alpha value is 4.77. The van der Waals surface area contributed by atoms with Crippen molar-refractivity contribution in [2.24, 2.45) is 0 Å². The summed E-state index contributed by atoms with van der Waals surface area (Å²) >= 11 is 0. The number of hydrogen-bond acceptors (Lipinski definition) is 6. The summed E-state index contributed by atoms with van der Waals surface area (Å²) in [7, 11) is -11.7. The van der Waals surface area contributed by atoms with Crippen molar-refractivity contribution in [3.63, 3.8) is 0 Å². The summed E-state index contributed by atoms with van der Waals surface area (Å²) in [5.41, 5.74) is 0. The minimum Gasteiger partial charge on any atom is -0.857 e. The third-order valence-corrected chi connectivity index (χ3v) is 0. The maximum absolute atomic E-state index is 10.2. The maximum Gasteiger partial charge on any atom is 2.00 e. The van der Waals surface area contributed by atoms with Gasteiger partial charge in [-0.1, -0.05) is 18.3 Å². The minimum absolute atomic E-state index is 0. The molecule has 0 aromatic carbocycles. The van der Waals surface area contributed by atoms with Crippen molar-refractivity contribution in [3.8, 4) is 0 Å². The van der Waals surface area contributed by atoms with Crippen LogP contribution in [0.1, 0.15) is 0 Å². The summed E-state index contributed by atoms with van der Waals surface area (Å²) in [4.78, 5) is 50.8. The van der Waals surface area contributed by atoms with E-state index in [0.717, 1.165) is 0 Å². The van der Waals surface area contributed by atoms with E-state index in [-0.39, 0.29) is 147 Å². The molecule has 0 radical (unpaired) electrons. The zero-order chi connectivity index (χ0) is 9.00. The molecule has 0 aromatic heterocycles. The summed E-state index contributed by atoms with van der Waals surface area (Å²) in [6.07, 6.45) is 0. The van der Waals surface area contributed by atoms with Crippen LogP contribution in [0.3, 0.4) is 0 Å². The van der Waals surface area contributed by atoms with E-state index in [1.54, 1.807) is 0 Å². The molecule has 13 heavy (non-hydrogen) atoms. The third-order valence-electron chi connectivity index (χ3n) is 0. The van der Waals surface area contributed by atoms with E-state index in [1.807, 2.05) is 0 Å². The molecule has 0 aliphatic rings. The Balaban J connectivity index is -0.0000000267. The van der Waals surface area contributed by atoms with E-state index in [9.17, 15) is 8.22 Å². The average molecular weight is 602 g/mol. The van der Waals surface area contributed by atoms with Gasteiger partial charge in [0, 0.05) is 0 Å². The van der Waals surface area contributed by atoms with E-state index < -0.39 is 18.3 Å². The van der Waals surface area contributed by atoms with Gasteiger partial charge in [-0.15, -0.1) is 0 Å². The molecular formula is Ba3F2O6Si2. The molecule has 0 unspecified atom stereocenters. The van der Waals surface area contributed by atoms with Gasteiger partial charge < -0.3 is 37.0 Å². The Morgan fingerprint density at radius 1 is 0.538 bits per heavy atom. The second kappa shape index (κ2) is 14.8. The van der Waals surface area contributed by atoms with Crippen LogP contribution in [-0.2, 0) is 0 Å². The second-order valence-corrected chi connectivity index (χ2v) is 2.89. The van der Waals surface area contributed by atoms with Crippen LogP contribution in [0.25, 0.3) is 0 Å². The van der Waals surface area contributed by atoms with Crippen LogP contribution in [0.5, 0.6) is 0 Å². The van der Waals surface area contributed by atoms with Gasteiger partial charge in [0.15, 0.2) is 0 Å². The number of halogens is 2. The fourth-order valence-electron chi connectivity index (χ4n) is 0. The van der Waals surface area contributed by atoms with Crippen molar-refractivity contribution in [1.82, 2.24) is 0 Å². The van der Waals surface area contributed by atoms with Crippen LogP contribution in [-0.4, -0.2) is 165 Å². The van der Waals surface area contributed by atoms with E-state index in [4.69, 9.17) is 28.8 Å². The summed E-state index contributed by atoms with van der Waals surface area (Å²) in [5.74, 6) is 0. The van der Waals surface area contributed by atoms with Gasteiger partial charge in [0.25, 0.3) is 0 Å². The molecule has 0 bridgehead atoms. The minimum atomic E-state index is -5.86. The van der Waals surface area contributed by atoms with E-state index in [0.29, 0.717) is 0 Å². The Kier molecular flexibility index (Phi) is 35.0. The fraction of sp³-hybridized carbons (Fsp3) is 0. The summed E-state index contributed by atoms with van der Waals surface area (Å²) in [6, 6.07) is 0. The Morgan fingerprint density at radius 2 is 0.538 bits per heavy atom. The first-order valence-corrected chi connectivity index (χ1v) is 4.81. The van der Waals surface area contributed by atoms with Crippen LogP contribution < -0.4 is 28.8 Å². The molecular weight excluding hydrogens is 602 g/mol. The maximum atomic E-state index is 10.2. The molecule has 0 amide bonds. The quantitative estimate of drug-likeness (QED) is 0.200. The zero-order valence-electron chi connectivity index (χ0n) is 6.33. The monoisotopic (exact) mass is 604 g/mol. The predicted octanol–water partition coefficient (Wildman–Crippen LogP) is -8.20. The topological polar surface area (TPSA) is 138 Å². The van der Waals surface area contributed by atoms with Crippen LogP contribution in [0.4, 0.5) is 8.22 Å². The van der Waals surface area contributed by atoms with Gasteiger partial charge in [-0.3, -0.25) is 0 Å². The van der Waals surface area contributed by atoms with Gasteiger partial charge in [0.05, 0.1) is 0 Å².